The molecular formula is C15H19BrClNO. The molecule has 2 nitrogen and oxygen atoms in total. The summed E-state index contributed by atoms with van der Waals surface area (Å²) in [6.07, 6.45) is 7.29. The molecule has 1 atom stereocenters. The zero-order valence-electron chi connectivity index (χ0n) is 10.9. The first-order valence-corrected chi connectivity index (χ1v) is 8.20. The van der Waals surface area contributed by atoms with Crippen LogP contribution in [0, 0.1) is 0 Å². The van der Waals surface area contributed by atoms with Crippen LogP contribution in [0.4, 0.5) is 5.69 Å². The highest BCUT2D eigenvalue weighted by Crippen LogP contribution is 2.40. The van der Waals surface area contributed by atoms with Crippen LogP contribution in [-0.4, -0.2) is 18.2 Å². The topological polar surface area (TPSA) is 21.3 Å². The summed E-state index contributed by atoms with van der Waals surface area (Å²) in [7, 11) is 0. The Morgan fingerprint density at radius 2 is 2.11 bits per heavy atom. The van der Waals surface area contributed by atoms with E-state index in [2.05, 4.69) is 27.3 Å². The third-order valence-electron chi connectivity index (χ3n) is 4.30. The molecule has 2 aliphatic rings. The molecule has 4 heteroatoms. The summed E-state index contributed by atoms with van der Waals surface area (Å²) in [6, 6.07) is 6.56. The van der Waals surface area contributed by atoms with Gasteiger partial charge in [-0.05, 0) is 59.8 Å². The minimum atomic E-state index is 0.162. The molecule has 1 aliphatic heterocycles. The molecule has 104 valence electrons. The van der Waals surface area contributed by atoms with Gasteiger partial charge >= 0.3 is 0 Å². The molecule has 1 aromatic carbocycles. The summed E-state index contributed by atoms with van der Waals surface area (Å²) in [5.41, 5.74) is 1.27. The number of rotatable bonds is 2. The van der Waals surface area contributed by atoms with Crippen molar-refractivity contribution in [1.29, 1.82) is 0 Å². The predicted molar refractivity (Wildman–Crippen MR) is 82.9 cm³/mol. The largest absolute Gasteiger partial charge is 0.382 e. The van der Waals surface area contributed by atoms with E-state index in [9.17, 15) is 0 Å². The van der Waals surface area contributed by atoms with Gasteiger partial charge in [-0.25, -0.2) is 0 Å². The highest BCUT2D eigenvalue weighted by Gasteiger charge is 2.39. The van der Waals surface area contributed by atoms with Crippen molar-refractivity contribution < 1.29 is 4.74 Å². The summed E-state index contributed by atoms with van der Waals surface area (Å²) in [4.78, 5) is 0. The minimum absolute atomic E-state index is 0.162. The number of benzene rings is 1. The van der Waals surface area contributed by atoms with Crippen LogP contribution in [0.1, 0.15) is 38.5 Å². The summed E-state index contributed by atoms with van der Waals surface area (Å²) in [5, 5.41) is 4.37. The van der Waals surface area contributed by atoms with E-state index < -0.39 is 0 Å². The second-order valence-electron chi connectivity index (χ2n) is 5.70. The predicted octanol–water partition coefficient (Wildman–Crippen LogP) is 5.01. The Balaban J connectivity index is 1.67. The van der Waals surface area contributed by atoms with Gasteiger partial charge in [-0.2, -0.15) is 0 Å². The molecule has 1 unspecified atom stereocenters. The van der Waals surface area contributed by atoms with E-state index >= 15 is 0 Å². The second kappa shape index (κ2) is 5.63. The molecule has 1 aliphatic carbocycles. The highest BCUT2D eigenvalue weighted by molar-refractivity contribution is 9.10. The van der Waals surface area contributed by atoms with Crippen LogP contribution < -0.4 is 5.32 Å². The van der Waals surface area contributed by atoms with Crippen molar-refractivity contribution in [1.82, 2.24) is 0 Å². The minimum Gasteiger partial charge on any atom is -0.382 e. The van der Waals surface area contributed by atoms with Gasteiger partial charge in [-0.3, -0.25) is 0 Å². The van der Waals surface area contributed by atoms with Crippen molar-refractivity contribution in [2.24, 2.45) is 0 Å². The highest BCUT2D eigenvalue weighted by atomic mass is 79.9. The number of hydrogen-bond donors (Lipinski definition) is 1. The average Bonchev–Trinajstić information content (AvgIpc) is 2.82. The molecule has 3 rings (SSSR count). The van der Waals surface area contributed by atoms with Crippen LogP contribution in [0.5, 0.6) is 0 Å². The summed E-state index contributed by atoms with van der Waals surface area (Å²) in [6.45, 7) is 0.877. The molecule has 2 fully saturated rings. The summed E-state index contributed by atoms with van der Waals surface area (Å²) in [5.74, 6) is 0. The van der Waals surface area contributed by atoms with Crippen molar-refractivity contribution in [3.05, 3.63) is 27.7 Å². The molecule has 0 bridgehead atoms. The maximum atomic E-state index is 6.14. The molecule has 0 radical (unpaired) electrons. The Kier molecular flexibility index (Phi) is 4.06. The summed E-state index contributed by atoms with van der Waals surface area (Å²) < 4.78 is 7.01. The number of hydrogen-bond acceptors (Lipinski definition) is 2. The molecule has 0 amide bonds. The first-order chi connectivity index (χ1) is 9.17. The van der Waals surface area contributed by atoms with Crippen molar-refractivity contribution in [2.75, 3.05) is 11.9 Å². The first kappa shape index (κ1) is 13.7. The van der Waals surface area contributed by atoms with Gasteiger partial charge in [0, 0.05) is 22.8 Å². The fourth-order valence-electron chi connectivity index (χ4n) is 3.34. The van der Waals surface area contributed by atoms with Gasteiger partial charge in [0.05, 0.1) is 10.6 Å². The lowest BCUT2D eigenvalue weighted by atomic mass is 9.89. The zero-order valence-corrected chi connectivity index (χ0v) is 13.3. The van der Waals surface area contributed by atoms with Crippen molar-refractivity contribution in [2.45, 2.75) is 50.2 Å². The van der Waals surface area contributed by atoms with Crippen molar-refractivity contribution >= 4 is 33.2 Å². The van der Waals surface area contributed by atoms with Crippen LogP contribution >= 0.6 is 27.5 Å². The Hall–Kier alpha value is -0.250. The molecule has 0 aromatic heterocycles. The van der Waals surface area contributed by atoms with E-state index in [0.717, 1.165) is 34.6 Å². The van der Waals surface area contributed by atoms with E-state index in [1.807, 2.05) is 12.1 Å². The smallest absolute Gasteiger partial charge is 0.0702 e. The van der Waals surface area contributed by atoms with E-state index in [1.54, 1.807) is 0 Å². The average molecular weight is 345 g/mol. The van der Waals surface area contributed by atoms with Gasteiger partial charge in [-0.15, -0.1) is 0 Å². The number of nitrogens with one attached hydrogen (secondary N) is 1. The van der Waals surface area contributed by atoms with Gasteiger partial charge in [0.25, 0.3) is 0 Å². The lowest BCUT2D eigenvalue weighted by Gasteiger charge is -2.39. The molecule has 1 aromatic rings. The molecular weight excluding hydrogens is 326 g/mol. The van der Waals surface area contributed by atoms with Gasteiger partial charge in [0.2, 0.25) is 0 Å². The van der Waals surface area contributed by atoms with Crippen molar-refractivity contribution in [3.8, 4) is 0 Å². The third kappa shape index (κ3) is 3.09. The van der Waals surface area contributed by atoms with E-state index in [1.165, 1.54) is 25.7 Å². The molecule has 1 N–H and O–H groups in total. The van der Waals surface area contributed by atoms with E-state index in [4.69, 9.17) is 16.3 Å². The summed E-state index contributed by atoms with van der Waals surface area (Å²) >= 11 is 9.56. The fraction of sp³-hybridized carbons (Fsp3) is 0.600. The van der Waals surface area contributed by atoms with Crippen molar-refractivity contribution in [3.63, 3.8) is 0 Å². The van der Waals surface area contributed by atoms with Crippen LogP contribution in [0.3, 0.4) is 0 Å². The maximum absolute atomic E-state index is 6.14. The molecule has 1 saturated heterocycles. The van der Waals surface area contributed by atoms with Gasteiger partial charge in [0.1, 0.15) is 0 Å². The lowest BCUT2D eigenvalue weighted by Crippen LogP contribution is -2.42. The van der Waals surface area contributed by atoms with Gasteiger partial charge in [-0.1, -0.05) is 24.4 Å². The fourth-order valence-corrected chi connectivity index (χ4v) is 3.77. The molecule has 19 heavy (non-hydrogen) atoms. The number of halogens is 2. The van der Waals surface area contributed by atoms with Gasteiger partial charge in [0.15, 0.2) is 0 Å². The van der Waals surface area contributed by atoms with E-state index in [-0.39, 0.29) is 5.60 Å². The SMILES string of the molecule is Clc1cc(NC2CCOC3(CCCC3)C2)ccc1Br. The third-order valence-corrected chi connectivity index (χ3v) is 5.53. The van der Waals surface area contributed by atoms with Crippen LogP contribution in [0.2, 0.25) is 5.02 Å². The van der Waals surface area contributed by atoms with Crippen LogP contribution in [0.15, 0.2) is 22.7 Å². The molecule has 1 spiro atoms. The molecule has 1 heterocycles. The van der Waals surface area contributed by atoms with E-state index in [0.29, 0.717) is 6.04 Å². The Morgan fingerprint density at radius 3 is 2.84 bits per heavy atom. The van der Waals surface area contributed by atoms with Crippen LogP contribution in [-0.2, 0) is 4.74 Å². The number of anilines is 1. The Bertz CT molecular complexity index is 459. The second-order valence-corrected chi connectivity index (χ2v) is 6.96. The first-order valence-electron chi connectivity index (χ1n) is 7.02. The zero-order chi connectivity index (χ0) is 13.3. The Labute approximate surface area is 128 Å². The van der Waals surface area contributed by atoms with Gasteiger partial charge < -0.3 is 10.1 Å². The monoisotopic (exact) mass is 343 g/mol. The standard InChI is InChI=1S/C15H19BrClNO/c16-13-4-3-11(9-14(13)17)18-12-5-8-19-15(10-12)6-1-2-7-15/h3-4,9,12,18H,1-2,5-8,10H2. The molecule has 1 saturated carbocycles. The maximum Gasteiger partial charge on any atom is 0.0702 e. The number of ether oxygens (including phenoxy) is 1. The lowest BCUT2D eigenvalue weighted by molar-refractivity contribution is -0.0767. The normalized spacial score (nSPS) is 25.7. The Morgan fingerprint density at radius 1 is 1.32 bits per heavy atom. The van der Waals surface area contributed by atoms with Crippen LogP contribution in [0.25, 0.3) is 0 Å². The quantitative estimate of drug-likeness (QED) is 0.814.